The van der Waals surface area contributed by atoms with Crippen LogP contribution in [-0.4, -0.2) is 37.2 Å². The highest BCUT2D eigenvalue weighted by atomic mass is 16.6. The molecule has 0 heterocycles. The van der Waals surface area contributed by atoms with Crippen molar-refractivity contribution in [2.45, 2.75) is 316 Å². The predicted molar refractivity (Wildman–Crippen MR) is 311 cm³/mol. The molecule has 0 N–H and O–H groups in total. The SMILES string of the molecule is CC/C=C\C/C=C\C/C=C\CCCCCCCCCC(=O)OC(COC(=O)CCCCCCC/C=C\CCCCCCCCC)COC(=O)CCCCCCCCCCC/C=C\C/C=C\CCCCCCC. The normalized spacial score (nSPS) is 12.5. The second-order valence-corrected chi connectivity index (χ2v) is 20.6. The van der Waals surface area contributed by atoms with Crippen molar-refractivity contribution in [2.75, 3.05) is 13.2 Å². The Kier molecular flexibility index (Phi) is 57.8. The van der Waals surface area contributed by atoms with Crippen molar-refractivity contribution in [3.8, 4) is 0 Å². The Labute approximate surface area is 446 Å². The van der Waals surface area contributed by atoms with E-state index in [9.17, 15) is 14.4 Å². The molecule has 6 nitrogen and oxygen atoms in total. The fourth-order valence-corrected chi connectivity index (χ4v) is 8.78. The molecular formula is C66H116O6. The zero-order valence-electron chi connectivity index (χ0n) is 47.7. The van der Waals surface area contributed by atoms with Crippen LogP contribution in [0.1, 0.15) is 310 Å². The maximum absolute atomic E-state index is 12.9. The number of carbonyl (C=O) groups is 3. The molecule has 0 saturated heterocycles. The van der Waals surface area contributed by atoms with Crippen LogP contribution in [0.25, 0.3) is 0 Å². The largest absolute Gasteiger partial charge is 0.462 e. The highest BCUT2D eigenvalue weighted by Gasteiger charge is 2.19. The van der Waals surface area contributed by atoms with Crippen LogP contribution in [0.2, 0.25) is 0 Å². The molecular weight excluding hydrogens is 889 g/mol. The molecule has 0 saturated carbocycles. The van der Waals surface area contributed by atoms with Crippen LogP contribution in [0.5, 0.6) is 0 Å². The van der Waals surface area contributed by atoms with Gasteiger partial charge in [-0.2, -0.15) is 0 Å². The van der Waals surface area contributed by atoms with Crippen molar-refractivity contribution >= 4 is 17.9 Å². The lowest BCUT2D eigenvalue weighted by Crippen LogP contribution is -2.30. The topological polar surface area (TPSA) is 78.9 Å². The molecule has 0 aromatic heterocycles. The average molecular weight is 1010 g/mol. The van der Waals surface area contributed by atoms with E-state index in [2.05, 4.69) is 93.7 Å². The first kappa shape index (κ1) is 68.8. The molecule has 6 heteroatoms. The van der Waals surface area contributed by atoms with Gasteiger partial charge in [0.1, 0.15) is 13.2 Å². The molecule has 0 rings (SSSR count). The Balaban J connectivity index is 4.38. The van der Waals surface area contributed by atoms with E-state index in [4.69, 9.17) is 14.2 Å². The van der Waals surface area contributed by atoms with Crippen molar-refractivity contribution in [1.29, 1.82) is 0 Å². The standard InChI is InChI=1S/C66H116O6/c1-4-7-10-13-16-19-22-25-28-31-32-33-34-36-38-41-44-47-50-53-56-59-65(68)71-62-63(61-70-64(67)58-55-52-49-46-43-40-37-30-27-24-21-18-15-12-9-6-3)72-66(69)60-57-54-51-48-45-42-39-35-29-26-23-20-17-14-11-8-5-2/h8,11,17,20,22,25-26,29-32,37,63H,4-7,9-10,12-16,18-19,21,23-24,27-28,33-36,38-62H2,1-3H3/b11-8-,20-17-,25-22-,29-26-,32-31-,37-30-. The van der Waals surface area contributed by atoms with Crippen LogP contribution >= 0.6 is 0 Å². The van der Waals surface area contributed by atoms with Crippen LogP contribution in [-0.2, 0) is 28.6 Å². The van der Waals surface area contributed by atoms with Gasteiger partial charge in [0.2, 0.25) is 0 Å². The third-order valence-corrected chi connectivity index (χ3v) is 13.4. The molecule has 0 radical (unpaired) electrons. The van der Waals surface area contributed by atoms with Gasteiger partial charge in [0, 0.05) is 19.3 Å². The Morgan fingerprint density at radius 1 is 0.292 bits per heavy atom. The molecule has 0 aromatic carbocycles. The lowest BCUT2D eigenvalue weighted by molar-refractivity contribution is -0.167. The third-order valence-electron chi connectivity index (χ3n) is 13.4. The summed E-state index contributed by atoms with van der Waals surface area (Å²) in [5, 5.41) is 0. The maximum Gasteiger partial charge on any atom is 0.306 e. The minimum Gasteiger partial charge on any atom is -0.462 e. The molecule has 416 valence electrons. The molecule has 1 atom stereocenters. The van der Waals surface area contributed by atoms with Crippen molar-refractivity contribution in [1.82, 2.24) is 0 Å². The first-order chi connectivity index (χ1) is 35.5. The van der Waals surface area contributed by atoms with E-state index >= 15 is 0 Å². The summed E-state index contributed by atoms with van der Waals surface area (Å²) >= 11 is 0. The van der Waals surface area contributed by atoms with Gasteiger partial charge in [-0.15, -0.1) is 0 Å². The molecule has 0 aliphatic heterocycles. The summed E-state index contributed by atoms with van der Waals surface area (Å²) in [6.07, 6.45) is 77.5. The number of allylic oxidation sites excluding steroid dienone is 12. The second-order valence-electron chi connectivity index (χ2n) is 20.6. The molecule has 0 aliphatic carbocycles. The maximum atomic E-state index is 12.9. The van der Waals surface area contributed by atoms with E-state index in [1.165, 1.54) is 173 Å². The summed E-state index contributed by atoms with van der Waals surface area (Å²) in [7, 11) is 0. The van der Waals surface area contributed by atoms with Gasteiger partial charge in [0.25, 0.3) is 0 Å². The van der Waals surface area contributed by atoms with Crippen LogP contribution in [0.4, 0.5) is 0 Å². The summed E-state index contributed by atoms with van der Waals surface area (Å²) in [5.74, 6) is -0.893. The molecule has 0 aliphatic rings. The van der Waals surface area contributed by atoms with Crippen LogP contribution < -0.4 is 0 Å². The molecule has 0 fully saturated rings. The summed E-state index contributed by atoms with van der Waals surface area (Å²) < 4.78 is 16.9. The van der Waals surface area contributed by atoms with Gasteiger partial charge in [0.15, 0.2) is 6.10 Å². The van der Waals surface area contributed by atoms with Gasteiger partial charge < -0.3 is 14.2 Å². The van der Waals surface area contributed by atoms with E-state index in [0.29, 0.717) is 19.3 Å². The number of unbranched alkanes of at least 4 members (excludes halogenated alkanes) is 33. The van der Waals surface area contributed by atoms with E-state index < -0.39 is 6.10 Å². The monoisotopic (exact) mass is 1000 g/mol. The minimum absolute atomic E-state index is 0.0834. The Bertz CT molecular complexity index is 1340. The number of esters is 3. The zero-order chi connectivity index (χ0) is 52.2. The van der Waals surface area contributed by atoms with Crippen LogP contribution in [0.3, 0.4) is 0 Å². The van der Waals surface area contributed by atoms with Gasteiger partial charge in [-0.1, -0.05) is 254 Å². The van der Waals surface area contributed by atoms with Crippen molar-refractivity contribution in [3.63, 3.8) is 0 Å². The molecule has 0 amide bonds. The highest BCUT2D eigenvalue weighted by molar-refractivity contribution is 5.71. The van der Waals surface area contributed by atoms with Crippen molar-refractivity contribution in [2.24, 2.45) is 0 Å². The fraction of sp³-hybridized carbons (Fsp3) is 0.773. The minimum atomic E-state index is -0.787. The lowest BCUT2D eigenvalue weighted by atomic mass is 10.1. The van der Waals surface area contributed by atoms with Gasteiger partial charge in [-0.05, 0) is 109 Å². The van der Waals surface area contributed by atoms with Crippen LogP contribution in [0.15, 0.2) is 72.9 Å². The van der Waals surface area contributed by atoms with Crippen molar-refractivity contribution in [3.05, 3.63) is 72.9 Å². The molecule has 0 aromatic rings. The first-order valence-corrected chi connectivity index (χ1v) is 30.9. The van der Waals surface area contributed by atoms with Crippen molar-refractivity contribution < 1.29 is 28.6 Å². The second kappa shape index (κ2) is 60.4. The Hall–Kier alpha value is -3.15. The van der Waals surface area contributed by atoms with Crippen LogP contribution in [0, 0.1) is 0 Å². The Morgan fingerprint density at radius 2 is 0.542 bits per heavy atom. The average Bonchev–Trinajstić information content (AvgIpc) is 3.38. The zero-order valence-corrected chi connectivity index (χ0v) is 47.7. The predicted octanol–water partition coefficient (Wildman–Crippen LogP) is 20.9. The van der Waals surface area contributed by atoms with E-state index in [1.807, 2.05) is 0 Å². The fourth-order valence-electron chi connectivity index (χ4n) is 8.78. The molecule has 1 unspecified atom stereocenters. The first-order valence-electron chi connectivity index (χ1n) is 30.9. The van der Waals surface area contributed by atoms with Gasteiger partial charge in [-0.25, -0.2) is 0 Å². The summed E-state index contributed by atoms with van der Waals surface area (Å²) in [6.45, 7) is 6.53. The van der Waals surface area contributed by atoms with Gasteiger partial charge in [-0.3, -0.25) is 14.4 Å². The lowest BCUT2D eigenvalue weighted by Gasteiger charge is -2.18. The Morgan fingerprint density at radius 3 is 0.861 bits per heavy atom. The quantitative estimate of drug-likeness (QED) is 0.0261. The molecule has 0 spiro atoms. The number of carbonyl (C=O) groups excluding carboxylic acids is 3. The van der Waals surface area contributed by atoms with E-state index in [-0.39, 0.29) is 31.1 Å². The number of ether oxygens (including phenoxy) is 3. The van der Waals surface area contributed by atoms with Gasteiger partial charge >= 0.3 is 17.9 Å². The number of hydrogen-bond donors (Lipinski definition) is 0. The summed E-state index contributed by atoms with van der Waals surface area (Å²) in [4.78, 5) is 38.3. The summed E-state index contributed by atoms with van der Waals surface area (Å²) in [6, 6.07) is 0. The molecule has 72 heavy (non-hydrogen) atoms. The third kappa shape index (κ3) is 57.7. The summed E-state index contributed by atoms with van der Waals surface area (Å²) in [5.41, 5.74) is 0. The molecule has 0 bridgehead atoms. The van der Waals surface area contributed by atoms with Gasteiger partial charge in [0.05, 0.1) is 0 Å². The van der Waals surface area contributed by atoms with E-state index in [1.54, 1.807) is 0 Å². The number of hydrogen-bond acceptors (Lipinski definition) is 6. The van der Waals surface area contributed by atoms with E-state index in [0.717, 1.165) is 96.3 Å². The number of rotatable bonds is 56. The highest BCUT2D eigenvalue weighted by Crippen LogP contribution is 2.16. The smallest absolute Gasteiger partial charge is 0.306 e.